The molecule has 0 aromatic rings. The molecule has 0 saturated carbocycles. The average Bonchev–Trinajstić information content (AvgIpc) is 3.31. The number of allylic oxidation sites excluding steroid dienone is 5. The van der Waals surface area contributed by atoms with E-state index in [9.17, 15) is 38.2 Å². The quantitative estimate of drug-likeness (QED) is 0.0193. The second kappa shape index (κ2) is 45.2. The zero-order valence-electron chi connectivity index (χ0n) is 43.2. The van der Waals surface area contributed by atoms with Gasteiger partial charge >= 0.3 is 10.4 Å². The van der Waals surface area contributed by atoms with Crippen LogP contribution in [0.1, 0.15) is 251 Å². The largest absolute Gasteiger partial charge is 0.397 e. The maximum absolute atomic E-state index is 13.1. The highest BCUT2D eigenvalue weighted by Crippen LogP contribution is 2.26. The number of carbonyl (C=O) groups is 1. The molecule has 0 spiro atoms. The minimum atomic E-state index is -5.09. The summed E-state index contributed by atoms with van der Waals surface area (Å²) < 4.78 is 47.8. The summed E-state index contributed by atoms with van der Waals surface area (Å²) in [5.41, 5.74) is 0. The lowest BCUT2D eigenvalue weighted by Gasteiger charge is -2.41. The molecule has 0 aromatic carbocycles. The van der Waals surface area contributed by atoms with E-state index >= 15 is 0 Å². The van der Waals surface area contributed by atoms with Crippen LogP contribution in [0.2, 0.25) is 0 Å². The molecule has 12 nitrogen and oxygen atoms in total. The third-order valence-electron chi connectivity index (χ3n) is 13.2. The van der Waals surface area contributed by atoms with Crippen molar-refractivity contribution in [2.45, 2.75) is 294 Å². The molecule has 7 atom stereocenters. The molecule has 0 aliphatic carbocycles. The number of rotatable bonds is 48. The third kappa shape index (κ3) is 37.1. The molecule has 7 unspecified atom stereocenters. The van der Waals surface area contributed by atoms with Gasteiger partial charge in [-0.15, -0.1) is 0 Å². The van der Waals surface area contributed by atoms with Crippen molar-refractivity contribution >= 4 is 16.3 Å². The molecule has 1 aliphatic rings. The third-order valence-corrected chi connectivity index (χ3v) is 13.6. The van der Waals surface area contributed by atoms with Crippen molar-refractivity contribution < 1.29 is 51.8 Å². The summed E-state index contributed by atoms with van der Waals surface area (Å²) in [5.74, 6) is -0.265. The number of amides is 1. The van der Waals surface area contributed by atoms with Gasteiger partial charge in [0.25, 0.3) is 0 Å². The fraction of sp³-hybridized carbons (Fsp3) is 0.873. The zero-order chi connectivity index (χ0) is 49.8. The van der Waals surface area contributed by atoms with Gasteiger partial charge in [-0.2, -0.15) is 8.42 Å². The van der Waals surface area contributed by atoms with Crippen molar-refractivity contribution in [3.05, 3.63) is 36.5 Å². The van der Waals surface area contributed by atoms with Crippen molar-refractivity contribution in [2.75, 3.05) is 13.2 Å². The van der Waals surface area contributed by atoms with Crippen LogP contribution in [-0.4, -0.2) is 95.4 Å². The molecule has 1 amide bonds. The van der Waals surface area contributed by atoms with E-state index < -0.39 is 59.9 Å². The van der Waals surface area contributed by atoms with Crippen molar-refractivity contribution in [2.24, 2.45) is 0 Å². The summed E-state index contributed by atoms with van der Waals surface area (Å²) in [6.45, 7) is 3.41. The fourth-order valence-electron chi connectivity index (χ4n) is 8.84. The first-order valence-corrected chi connectivity index (χ1v) is 29.2. The van der Waals surface area contributed by atoms with Crippen molar-refractivity contribution in [1.29, 1.82) is 0 Å². The summed E-state index contributed by atoms with van der Waals surface area (Å²) in [7, 11) is -5.09. The van der Waals surface area contributed by atoms with E-state index in [1.165, 1.54) is 173 Å². The normalized spacial score (nSPS) is 20.0. The lowest BCUT2D eigenvalue weighted by atomic mass is 9.99. The Balaban J connectivity index is 2.38. The molecule has 1 fully saturated rings. The van der Waals surface area contributed by atoms with Crippen LogP contribution in [0, 0.1) is 0 Å². The molecular weight excluding hydrogens is 883 g/mol. The number of hydrogen-bond donors (Lipinski definition) is 6. The van der Waals surface area contributed by atoms with Crippen LogP contribution in [0.5, 0.6) is 0 Å². The fourth-order valence-corrected chi connectivity index (χ4v) is 9.35. The van der Waals surface area contributed by atoms with Gasteiger partial charge < -0.3 is 35.2 Å². The molecule has 1 heterocycles. The van der Waals surface area contributed by atoms with E-state index in [0.29, 0.717) is 6.42 Å². The Bertz CT molecular complexity index is 1340. The van der Waals surface area contributed by atoms with Gasteiger partial charge in [-0.25, -0.2) is 4.18 Å². The zero-order valence-corrected chi connectivity index (χ0v) is 44.0. The Morgan fingerprint density at radius 3 is 1.40 bits per heavy atom. The Hall–Kier alpha value is -1.68. The summed E-state index contributed by atoms with van der Waals surface area (Å²) in [5, 5.41) is 44.9. The summed E-state index contributed by atoms with van der Waals surface area (Å²) >= 11 is 0. The standard InChI is InChI=1S/C55H103NO11S/c1-3-5-7-9-11-13-15-17-19-21-22-23-24-25-26-27-28-29-31-33-35-37-39-41-43-45-51(59)56-48(47-65-55-53(61)54(67-68(62,63)64)52(60)50(46-57)66-55)49(58)44-42-40-38-36-34-32-30-20-18-16-14-12-10-8-6-4-2/h22-23,25-26,42,44,48-50,52-55,57-58,60-61H,3-21,24,27-41,43,45-47H2,1-2H3,(H,56,59)(H,62,63,64)/b23-22-,26-25-,44-42+. The van der Waals surface area contributed by atoms with Gasteiger partial charge in [-0.3, -0.25) is 9.35 Å². The minimum Gasteiger partial charge on any atom is -0.394 e. The van der Waals surface area contributed by atoms with E-state index in [-0.39, 0.29) is 18.9 Å². The highest BCUT2D eigenvalue weighted by molar-refractivity contribution is 7.80. The molecule has 0 aromatic heterocycles. The number of carbonyl (C=O) groups excluding carboxylic acids is 1. The van der Waals surface area contributed by atoms with Crippen LogP contribution in [0.25, 0.3) is 0 Å². The van der Waals surface area contributed by atoms with Gasteiger partial charge in [0, 0.05) is 6.42 Å². The van der Waals surface area contributed by atoms with Crippen LogP contribution >= 0.6 is 0 Å². The first-order chi connectivity index (χ1) is 33.0. The topological polar surface area (TPSA) is 192 Å². The number of nitrogens with one attached hydrogen (secondary N) is 1. The van der Waals surface area contributed by atoms with Crippen molar-refractivity contribution in [3.63, 3.8) is 0 Å². The van der Waals surface area contributed by atoms with Gasteiger partial charge in [-0.05, 0) is 51.4 Å². The smallest absolute Gasteiger partial charge is 0.394 e. The highest BCUT2D eigenvalue weighted by atomic mass is 32.3. The predicted octanol–water partition coefficient (Wildman–Crippen LogP) is 12.6. The maximum Gasteiger partial charge on any atom is 0.397 e. The Labute approximate surface area is 415 Å². The summed E-state index contributed by atoms with van der Waals surface area (Å²) in [4.78, 5) is 13.1. The van der Waals surface area contributed by atoms with Crippen LogP contribution in [0.4, 0.5) is 0 Å². The Morgan fingerprint density at radius 1 is 0.588 bits per heavy atom. The van der Waals surface area contributed by atoms with E-state index in [2.05, 4.69) is 47.7 Å². The van der Waals surface area contributed by atoms with E-state index in [1.807, 2.05) is 6.08 Å². The molecule has 1 saturated heterocycles. The van der Waals surface area contributed by atoms with Gasteiger partial charge in [-0.1, -0.05) is 230 Å². The van der Waals surface area contributed by atoms with Crippen LogP contribution in [0.15, 0.2) is 36.5 Å². The number of ether oxygens (including phenoxy) is 2. The van der Waals surface area contributed by atoms with Gasteiger partial charge in [0.05, 0.1) is 25.4 Å². The molecule has 1 aliphatic heterocycles. The van der Waals surface area contributed by atoms with Gasteiger partial charge in [0.15, 0.2) is 6.29 Å². The summed E-state index contributed by atoms with van der Waals surface area (Å²) in [6, 6.07) is -0.946. The van der Waals surface area contributed by atoms with Crippen molar-refractivity contribution in [3.8, 4) is 0 Å². The number of aliphatic hydroxyl groups is 4. The first kappa shape index (κ1) is 64.3. The van der Waals surface area contributed by atoms with E-state index in [1.54, 1.807) is 6.08 Å². The van der Waals surface area contributed by atoms with Crippen molar-refractivity contribution in [1.82, 2.24) is 5.32 Å². The van der Waals surface area contributed by atoms with Gasteiger partial charge in [0.2, 0.25) is 5.91 Å². The second-order valence-corrected chi connectivity index (χ2v) is 20.6. The second-order valence-electron chi connectivity index (χ2n) is 19.5. The molecule has 0 bridgehead atoms. The molecule has 0 radical (unpaired) electrons. The first-order valence-electron chi connectivity index (χ1n) is 27.9. The lowest BCUT2D eigenvalue weighted by Crippen LogP contribution is -2.61. The number of hydrogen-bond acceptors (Lipinski definition) is 10. The maximum atomic E-state index is 13.1. The molecule has 68 heavy (non-hydrogen) atoms. The highest BCUT2D eigenvalue weighted by Gasteiger charge is 2.48. The SMILES string of the molecule is CCCCCCCCCCC/C=C\C/C=C\CCCCCCCCCCCC(=O)NC(COC1OC(CO)C(O)C(OS(=O)(=O)O)C1O)C(O)/C=C/CCCCCCCCCCCCCCCC. The molecule has 1 rings (SSSR count). The lowest BCUT2D eigenvalue weighted by molar-refractivity contribution is -0.298. The Morgan fingerprint density at radius 2 is 0.985 bits per heavy atom. The van der Waals surface area contributed by atoms with E-state index in [0.717, 1.165) is 51.4 Å². The molecular formula is C55H103NO11S. The molecule has 6 N–H and O–H groups in total. The van der Waals surface area contributed by atoms with Gasteiger partial charge in [0.1, 0.15) is 24.4 Å². The number of unbranched alkanes of at least 4 members (excludes halogenated alkanes) is 32. The molecule has 400 valence electrons. The van der Waals surface area contributed by atoms with Crippen LogP contribution in [0.3, 0.4) is 0 Å². The Kier molecular flexibility index (Phi) is 42.8. The minimum absolute atomic E-state index is 0.264. The van der Waals surface area contributed by atoms with E-state index in [4.69, 9.17) is 9.47 Å². The summed E-state index contributed by atoms with van der Waals surface area (Å²) in [6.07, 6.45) is 47.5. The number of aliphatic hydroxyl groups excluding tert-OH is 4. The van der Waals surface area contributed by atoms with Crippen LogP contribution < -0.4 is 5.32 Å². The van der Waals surface area contributed by atoms with Crippen LogP contribution in [-0.2, 0) is 28.9 Å². The average molecular weight is 986 g/mol. The predicted molar refractivity (Wildman–Crippen MR) is 278 cm³/mol. The molecule has 13 heteroatoms. The monoisotopic (exact) mass is 986 g/mol.